The average Bonchev–Trinajstić information content (AvgIpc) is 3.10. The highest BCUT2D eigenvalue weighted by atomic mass is 32.2. The number of aryl methyl sites for hydroxylation is 1. The first-order valence-electron chi connectivity index (χ1n) is 8.58. The highest BCUT2D eigenvalue weighted by Crippen LogP contribution is 2.21. The Balaban J connectivity index is 1.60. The van der Waals surface area contributed by atoms with Crippen LogP contribution in [-0.4, -0.2) is 27.9 Å². The molecule has 0 aliphatic rings. The zero-order valence-corrected chi connectivity index (χ0v) is 15.7. The summed E-state index contributed by atoms with van der Waals surface area (Å²) >= 11 is 1.67. The van der Waals surface area contributed by atoms with Crippen molar-refractivity contribution in [2.24, 2.45) is 7.05 Å². The van der Waals surface area contributed by atoms with Crippen LogP contribution < -0.4 is 10.6 Å². The van der Waals surface area contributed by atoms with E-state index >= 15 is 0 Å². The molecule has 0 saturated heterocycles. The number of imidazole rings is 1. The molecule has 140 valence electrons. The lowest BCUT2D eigenvalue weighted by Crippen LogP contribution is -2.40. The summed E-state index contributed by atoms with van der Waals surface area (Å²) in [6.07, 6.45) is 3.44. The van der Waals surface area contributed by atoms with Gasteiger partial charge in [-0.05, 0) is 29.8 Å². The number of thioether (sulfide) groups is 1. The average molecular weight is 384 g/mol. The highest BCUT2D eigenvalue weighted by molar-refractivity contribution is 7.99. The molecular weight excluding hydrogens is 363 g/mol. The van der Waals surface area contributed by atoms with E-state index in [1.165, 1.54) is 12.1 Å². The molecule has 7 heteroatoms. The van der Waals surface area contributed by atoms with Crippen LogP contribution in [0.4, 0.5) is 9.18 Å². The number of benzene rings is 2. The number of aromatic nitrogens is 2. The van der Waals surface area contributed by atoms with Crippen LogP contribution in [0.5, 0.6) is 0 Å². The fourth-order valence-electron chi connectivity index (χ4n) is 2.67. The number of hydrogen-bond acceptors (Lipinski definition) is 3. The van der Waals surface area contributed by atoms with Gasteiger partial charge in [0.15, 0.2) is 0 Å². The van der Waals surface area contributed by atoms with Gasteiger partial charge in [0, 0.05) is 36.6 Å². The smallest absolute Gasteiger partial charge is 0.315 e. The molecule has 0 bridgehead atoms. The first-order valence-corrected chi connectivity index (χ1v) is 9.57. The van der Waals surface area contributed by atoms with Crippen LogP contribution in [0.25, 0.3) is 0 Å². The predicted molar refractivity (Wildman–Crippen MR) is 105 cm³/mol. The number of hydrogen-bond donors (Lipinski definition) is 2. The van der Waals surface area contributed by atoms with Crippen molar-refractivity contribution in [1.29, 1.82) is 0 Å². The number of nitrogens with zero attached hydrogens (tertiary/aromatic N) is 2. The van der Waals surface area contributed by atoms with E-state index in [0.29, 0.717) is 17.9 Å². The van der Waals surface area contributed by atoms with E-state index in [0.717, 1.165) is 10.6 Å². The van der Waals surface area contributed by atoms with Gasteiger partial charge in [0.1, 0.15) is 17.7 Å². The molecule has 1 atom stereocenters. The van der Waals surface area contributed by atoms with Gasteiger partial charge >= 0.3 is 6.03 Å². The van der Waals surface area contributed by atoms with Gasteiger partial charge in [-0.3, -0.25) is 0 Å². The van der Waals surface area contributed by atoms with Crippen LogP contribution in [0.3, 0.4) is 0 Å². The lowest BCUT2D eigenvalue weighted by atomic mass is 10.1. The van der Waals surface area contributed by atoms with Crippen molar-refractivity contribution < 1.29 is 9.18 Å². The quantitative estimate of drug-likeness (QED) is 0.482. The molecule has 2 amide bonds. The van der Waals surface area contributed by atoms with Crippen LogP contribution in [0.1, 0.15) is 17.4 Å². The van der Waals surface area contributed by atoms with Gasteiger partial charge in [-0.15, -0.1) is 11.8 Å². The third kappa shape index (κ3) is 5.34. The molecule has 1 unspecified atom stereocenters. The fourth-order valence-corrected chi connectivity index (χ4v) is 3.46. The summed E-state index contributed by atoms with van der Waals surface area (Å²) in [6.45, 7) is 0.516. The first-order chi connectivity index (χ1) is 13.1. The zero-order chi connectivity index (χ0) is 19.1. The summed E-state index contributed by atoms with van der Waals surface area (Å²) in [4.78, 5) is 17.8. The summed E-state index contributed by atoms with van der Waals surface area (Å²) in [6, 6.07) is 15.3. The van der Waals surface area contributed by atoms with E-state index in [1.807, 2.05) is 37.4 Å². The summed E-state index contributed by atoms with van der Waals surface area (Å²) in [5.41, 5.74) is 0.637. The van der Waals surface area contributed by atoms with Crippen LogP contribution in [-0.2, 0) is 7.05 Å². The van der Waals surface area contributed by atoms with Crippen LogP contribution in [0.15, 0.2) is 71.9 Å². The van der Waals surface area contributed by atoms with Crippen molar-refractivity contribution in [3.05, 3.63) is 84.2 Å². The number of amides is 2. The Morgan fingerprint density at radius 3 is 2.74 bits per heavy atom. The number of carbonyl (C=O) groups is 1. The number of urea groups is 1. The molecule has 3 aromatic rings. The lowest BCUT2D eigenvalue weighted by molar-refractivity contribution is 0.238. The van der Waals surface area contributed by atoms with Crippen molar-refractivity contribution in [3.63, 3.8) is 0 Å². The Kier molecular flexibility index (Phi) is 6.49. The third-order valence-corrected chi connectivity index (χ3v) is 4.99. The largest absolute Gasteiger partial charge is 0.337 e. The summed E-state index contributed by atoms with van der Waals surface area (Å²) in [5, 5.41) is 5.74. The van der Waals surface area contributed by atoms with Crippen molar-refractivity contribution in [3.8, 4) is 0 Å². The Morgan fingerprint density at radius 1 is 1.22 bits per heavy atom. The monoisotopic (exact) mass is 384 g/mol. The van der Waals surface area contributed by atoms with Crippen molar-refractivity contribution >= 4 is 17.8 Å². The SMILES string of the molecule is Cn1ccnc1C(NC(=O)NCCSc1ccccc1)c1cccc(F)c1. The number of nitrogens with one attached hydrogen (secondary N) is 2. The molecule has 2 N–H and O–H groups in total. The summed E-state index contributed by atoms with van der Waals surface area (Å²) < 4.78 is 15.5. The molecule has 0 aliphatic heterocycles. The maximum absolute atomic E-state index is 13.7. The van der Waals surface area contributed by atoms with E-state index in [-0.39, 0.29) is 11.8 Å². The van der Waals surface area contributed by atoms with Crippen molar-refractivity contribution in [2.45, 2.75) is 10.9 Å². The number of rotatable bonds is 7. The standard InChI is InChI=1S/C20H21FN4OS/c1-25-12-10-22-19(25)18(15-6-5-7-16(21)14-15)24-20(26)23-11-13-27-17-8-3-2-4-9-17/h2-10,12,14,18H,11,13H2,1H3,(H2,23,24,26). The molecule has 0 spiro atoms. The normalized spacial score (nSPS) is 11.8. The van der Waals surface area contributed by atoms with Gasteiger partial charge in [-0.25, -0.2) is 14.2 Å². The predicted octanol–water partition coefficient (Wildman–Crippen LogP) is 3.74. The molecule has 5 nitrogen and oxygen atoms in total. The van der Waals surface area contributed by atoms with Gasteiger partial charge in [0.05, 0.1) is 0 Å². The third-order valence-electron chi connectivity index (χ3n) is 3.97. The van der Waals surface area contributed by atoms with E-state index in [2.05, 4.69) is 15.6 Å². The van der Waals surface area contributed by atoms with Crippen LogP contribution in [0, 0.1) is 5.82 Å². The molecule has 1 heterocycles. The Labute approximate surface area is 162 Å². The van der Waals surface area contributed by atoms with Gasteiger partial charge < -0.3 is 15.2 Å². The molecule has 3 rings (SSSR count). The molecule has 27 heavy (non-hydrogen) atoms. The number of halogens is 1. The first kappa shape index (κ1) is 19.0. The van der Waals surface area contributed by atoms with E-state index in [9.17, 15) is 9.18 Å². The molecule has 0 radical (unpaired) electrons. The maximum atomic E-state index is 13.7. The van der Waals surface area contributed by atoms with E-state index < -0.39 is 6.04 Å². The van der Waals surface area contributed by atoms with Crippen LogP contribution in [0.2, 0.25) is 0 Å². The number of carbonyl (C=O) groups excluding carboxylic acids is 1. The van der Waals surface area contributed by atoms with Gasteiger partial charge in [-0.1, -0.05) is 30.3 Å². The van der Waals surface area contributed by atoms with Crippen molar-refractivity contribution in [1.82, 2.24) is 20.2 Å². The van der Waals surface area contributed by atoms with E-state index in [1.54, 1.807) is 40.9 Å². The molecule has 2 aromatic carbocycles. The molecule has 0 saturated carbocycles. The Hall–Kier alpha value is -2.80. The Morgan fingerprint density at radius 2 is 2.04 bits per heavy atom. The minimum absolute atomic E-state index is 0.319. The molecule has 0 aliphatic carbocycles. The maximum Gasteiger partial charge on any atom is 0.315 e. The lowest BCUT2D eigenvalue weighted by Gasteiger charge is -2.19. The minimum atomic E-state index is -0.539. The van der Waals surface area contributed by atoms with Crippen molar-refractivity contribution in [2.75, 3.05) is 12.3 Å². The Bertz CT molecular complexity index is 884. The van der Waals surface area contributed by atoms with E-state index in [4.69, 9.17) is 0 Å². The highest BCUT2D eigenvalue weighted by Gasteiger charge is 2.21. The van der Waals surface area contributed by atoms with Gasteiger partial charge in [0.25, 0.3) is 0 Å². The fraction of sp³-hybridized carbons (Fsp3) is 0.200. The van der Waals surface area contributed by atoms with Crippen LogP contribution >= 0.6 is 11.8 Å². The second kappa shape index (κ2) is 9.23. The summed E-state index contributed by atoms with van der Waals surface area (Å²) in [5.74, 6) is 1.03. The minimum Gasteiger partial charge on any atom is -0.337 e. The zero-order valence-electron chi connectivity index (χ0n) is 14.9. The topological polar surface area (TPSA) is 59.0 Å². The molecule has 1 aromatic heterocycles. The second-order valence-corrected chi connectivity index (χ2v) is 7.11. The van der Waals surface area contributed by atoms with Gasteiger partial charge in [0.2, 0.25) is 0 Å². The molecular formula is C20H21FN4OS. The second-order valence-electron chi connectivity index (χ2n) is 5.95. The molecule has 0 fully saturated rings. The van der Waals surface area contributed by atoms with Gasteiger partial charge in [-0.2, -0.15) is 0 Å². The summed E-state index contributed by atoms with van der Waals surface area (Å²) in [7, 11) is 1.84.